The van der Waals surface area contributed by atoms with Gasteiger partial charge in [-0.15, -0.1) is 0 Å². The number of para-hydroxylation sites is 2. The van der Waals surface area contributed by atoms with Crippen LogP contribution in [-0.4, -0.2) is 29.5 Å². The van der Waals surface area contributed by atoms with Crippen molar-refractivity contribution < 1.29 is 9.84 Å². The van der Waals surface area contributed by atoms with Crippen molar-refractivity contribution in [1.29, 1.82) is 0 Å². The molecule has 1 N–H and O–H groups in total. The fourth-order valence-electron chi connectivity index (χ4n) is 2.66. The van der Waals surface area contributed by atoms with Crippen LogP contribution in [0.1, 0.15) is 0 Å². The Balaban J connectivity index is 2.19. The summed E-state index contributed by atoms with van der Waals surface area (Å²) in [6.45, 7) is 0.892. The lowest BCUT2D eigenvalue weighted by molar-refractivity contribution is 0.0551. The zero-order valence-electron chi connectivity index (χ0n) is 10.9. The highest BCUT2D eigenvalue weighted by atomic mass is 16.5. The summed E-state index contributed by atoms with van der Waals surface area (Å²) in [4.78, 5) is 0. The average Bonchev–Trinajstić information content (AvgIpc) is 2.75. The number of aromatic nitrogens is 1. The van der Waals surface area contributed by atoms with E-state index in [0.29, 0.717) is 13.2 Å². The fourth-order valence-corrected chi connectivity index (χ4v) is 2.66. The summed E-state index contributed by atoms with van der Waals surface area (Å²) in [6, 6.07) is 16.6. The molecule has 3 rings (SSSR count). The Bertz CT molecular complexity index is 649. The molecule has 1 atom stereocenters. The molecule has 3 heteroatoms. The van der Waals surface area contributed by atoms with Crippen molar-refractivity contribution in [3.63, 3.8) is 0 Å². The van der Waals surface area contributed by atoms with Crippen molar-refractivity contribution in [2.24, 2.45) is 0 Å². The molecule has 0 aliphatic heterocycles. The van der Waals surface area contributed by atoms with Gasteiger partial charge in [0.2, 0.25) is 0 Å². The number of benzene rings is 2. The van der Waals surface area contributed by atoms with Gasteiger partial charge < -0.3 is 14.4 Å². The molecule has 0 aliphatic rings. The minimum absolute atomic E-state index is 0.348. The predicted octanol–water partition coefficient (Wildman–Crippen LogP) is 2.80. The quantitative estimate of drug-likeness (QED) is 0.778. The van der Waals surface area contributed by atoms with E-state index in [0.717, 1.165) is 11.0 Å². The van der Waals surface area contributed by atoms with Gasteiger partial charge in [-0.1, -0.05) is 36.4 Å². The number of aliphatic hydroxyl groups is 1. The van der Waals surface area contributed by atoms with E-state index in [1.54, 1.807) is 7.11 Å². The minimum atomic E-state index is -0.496. The van der Waals surface area contributed by atoms with Crippen molar-refractivity contribution >= 4 is 21.8 Å². The van der Waals surface area contributed by atoms with E-state index in [1.165, 1.54) is 10.8 Å². The first-order valence-corrected chi connectivity index (χ1v) is 6.44. The summed E-state index contributed by atoms with van der Waals surface area (Å²) in [6.07, 6.45) is -0.496. The Morgan fingerprint density at radius 2 is 1.53 bits per heavy atom. The Morgan fingerprint density at radius 3 is 2.05 bits per heavy atom. The first-order chi connectivity index (χ1) is 9.31. The van der Waals surface area contributed by atoms with Crippen molar-refractivity contribution in [2.75, 3.05) is 13.7 Å². The summed E-state index contributed by atoms with van der Waals surface area (Å²) < 4.78 is 7.17. The van der Waals surface area contributed by atoms with E-state index in [2.05, 4.69) is 28.8 Å². The SMILES string of the molecule is COC[C@@H](O)Cn1c2ccccc2c2ccccc21. The monoisotopic (exact) mass is 255 g/mol. The first-order valence-electron chi connectivity index (χ1n) is 6.44. The molecule has 0 aliphatic carbocycles. The molecule has 98 valence electrons. The third kappa shape index (κ3) is 2.11. The van der Waals surface area contributed by atoms with Gasteiger partial charge >= 0.3 is 0 Å². The van der Waals surface area contributed by atoms with Crippen molar-refractivity contribution in [3.8, 4) is 0 Å². The van der Waals surface area contributed by atoms with Crippen LogP contribution in [0.15, 0.2) is 48.5 Å². The van der Waals surface area contributed by atoms with Gasteiger partial charge in [-0.25, -0.2) is 0 Å². The Hall–Kier alpha value is -1.84. The van der Waals surface area contributed by atoms with Gasteiger partial charge in [0.1, 0.15) is 0 Å². The van der Waals surface area contributed by atoms with Crippen molar-refractivity contribution in [1.82, 2.24) is 4.57 Å². The van der Waals surface area contributed by atoms with E-state index in [1.807, 2.05) is 24.3 Å². The highest BCUT2D eigenvalue weighted by Crippen LogP contribution is 2.28. The first kappa shape index (κ1) is 12.2. The van der Waals surface area contributed by atoms with E-state index >= 15 is 0 Å². The van der Waals surface area contributed by atoms with E-state index in [4.69, 9.17) is 4.74 Å². The van der Waals surface area contributed by atoms with E-state index in [-0.39, 0.29) is 0 Å². The van der Waals surface area contributed by atoms with Crippen LogP contribution < -0.4 is 0 Å². The van der Waals surface area contributed by atoms with Crippen LogP contribution in [-0.2, 0) is 11.3 Å². The Labute approximate surface area is 112 Å². The van der Waals surface area contributed by atoms with Gasteiger partial charge in [-0.2, -0.15) is 0 Å². The molecule has 1 heterocycles. The van der Waals surface area contributed by atoms with Crippen LogP contribution in [0.25, 0.3) is 21.8 Å². The maximum atomic E-state index is 9.99. The lowest BCUT2D eigenvalue weighted by Crippen LogP contribution is -2.20. The molecule has 0 amide bonds. The molecule has 1 aromatic heterocycles. The number of hydrogen-bond donors (Lipinski definition) is 1. The molecule has 3 nitrogen and oxygen atoms in total. The normalized spacial score (nSPS) is 13.2. The third-order valence-corrected chi connectivity index (χ3v) is 3.43. The molecule has 0 saturated heterocycles. The maximum absolute atomic E-state index is 9.99. The number of ether oxygens (including phenoxy) is 1. The number of hydrogen-bond acceptors (Lipinski definition) is 2. The molecule has 0 saturated carbocycles. The van der Waals surface area contributed by atoms with Crippen LogP contribution in [0.3, 0.4) is 0 Å². The van der Waals surface area contributed by atoms with Crippen molar-refractivity contribution in [2.45, 2.75) is 12.6 Å². The largest absolute Gasteiger partial charge is 0.389 e. The molecule has 3 aromatic rings. The number of aliphatic hydroxyl groups excluding tert-OH is 1. The number of methoxy groups -OCH3 is 1. The number of nitrogens with zero attached hydrogens (tertiary/aromatic N) is 1. The molecule has 0 spiro atoms. The second kappa shape index (κ2) is 5.03. The minimum Gasteiger partial charge on any atom is -0.389 e. The van der Waals surface area contributed by atoms with E-state index < -0.39 is 6.10 Å². The summed E-state index contributed by atoms with van der Waals surface area (Å²) in [5.41, 5.74) is 2.30. The van der Waals surface area contributed by atoms with Gasteiger partial charge in [-0.3, -0.25) is 0 Å². The van der Waals surface area contributed by atoms with Gasteiger partial charge in [0.15, 0.2) is 0 Å². The number of fused-ring (bicyclic) bond motifs is 3. The van der Waals surface area contributed by atoms with Crippen molar-refractivity contribution in [3.05, 3.63) is 48.5 Å². The second-order valence-electron chi connectivity index (χ2n) is 4.75. The Kier molecular flexibility index (Phi) is 3.23. The molecule has 0 bridgehead atoms. The summed E-state index contributed by atoms with van der Waals surface area (Å²) in [5.74, 6) is 0. The van der Waals surface area contributed by atoms with Crippen LogP contribution in [0.2, 0.25) is 0 Å². The zero-order valence-corrected chi connectivity index (χ0v) is 10.9. The second-order valence-corrected chi connectivity index (χ2v) is 4.75. The third-order valence-electron chi connectivity index (χ3n) is 3.43. The van der Waals surface area contributed by atoms with Crippen LogP contribution in [0, 0.1) is 0 Å². The van der Waals surface area contributed by atoms with Gasteiger partial charge in [0, 0.05) is 28.9 Å². The molecule has 0 radical (unpaired) electrons. The molecular weight excluding hydrogens is 238 g/mol. The smallest absolute Gasteiger partial charge is 0.0952 e. The molecule has 0 fully saturated rings. The highest BCUT2D eigenvalue weighted by molar-refractivity contribution is 6.07. The lowest BCUT2D eigenvalue weighted by atomic mass is 10.2. The topological polar surface area (TPSA) is 34.4 Å². The average molecular weight is 255 g/mol. The van der Waals surface area contributed by atoms with Gasteiger partial charge in [0.25, 0.3) is 0 Å². The molecule has 0 unspecified atom stereocenters. The van der Waals surface area contributed by atoms with Gasteiger partial charge in [0.05, 0.1) is 19.3 Å². The van der Waals surface area contributed by atoms with Crippen LogP contribution in [0.4, 0.5) is 0 Å². The lowest BCUT2D eigenvalue weighted by Gasteiger charge is -2.12. The van der Waals surface area contributed by atoms with Crippen LogP contribution >= 0.6 is 0 Å². The fraction of sp³-hybridized carbons (Fsp3) is 0.250. The van der Waals surface area contributed by atoms with Crippen LogP contribution in [0.5, 0.6) is 0 Å². The highest BCUT2D eigenvalue weighted by Gasteiger charge is 2.12. The summed E-state index contributed by atoms with van der Waals surface area (Å²) in [7, 11) is 1.61. The molecule has 2 aromatic carbocycles. The Morgan fingerprint density at radius 1 is 1.00 bits per heavy atom. The standard InChI is InChI=1S/C16H17NO2/c1-19-11-12(18)10-17-15-8-4-2-6-13(15)14-7-3-5-9-16(14)17/h2-9,12,18H,10-11H2,1H3/t12-/m0/s1. The van der Waals surface area contributed by atoms with Gasteiger partial charge in [-0.05, 0) is 12.1 Å². The summed E-state index contributed by atoms with van der Waals surface area (Å²) in [5, 5.41) is 12.4. The number of rotatable bonds is 4. The maximum Gasteiger partial charge on any atom is 0.0952 e. The zero-order chi connectivity index (χ0) is 13.2. The predicted molar refractivity (Wildman–Crippen MR) is 77.3 cm³/mol. The molecule has 19 heavy (non-hydrogen) atoms. The molecular formula is C16H17NO2. The summed E-state index contributed by atoms with van der Waals surface area (Å²) >= 11 is 0. The van der Waals surface area contributed by atoms with E-state index in [9.17, 15) is 5.11 Å².